The van der Waals surface area contributed by atoms with Crippen LogP contribution in [-0.2, 0) is 21.7 Å². The highest BCUT2D eigenvalue weighted by molar-refractivity contribution is 6.29. The Labute approximate surface area is 360 Å². The lowest BCUT2D eigenvalue weighted by molar-refractivity contribution is 0.590. The molecule has 60 heavy (non-hydrogen) atoms. The smallest absolute Gasteiger partial charge is 0.0543 e. The first-order valence-corrected chi connectivity index (χ1v) is 21.9. The Bertz CT molecular complexity index is 2500. The van der Waals surface area contributed by atoms with Crippen LogP contribution in [0.2, 0.25) is 0 Å². The number of nitrogens with zero attached hydrogens (tertiary/aromatic N) is 2. The number of benzene rings is 8. The number of aryl methyl sites for hydroxylation is 2. The van der Waals surface area contributed by atoms with Crippen LogP contribution in [0.25, 0.3) is 32.3 Å². The number of hydrogen-bond acceptors (Lipinski definition) is 2. The zero-order chi connectivity index (χ0) is 43.1. The Hall–Kier alpha value is -5.60. The van der Waals surface area contributed by atoms with E-state index in [9.17, 15) is 0 Å². The summed E-state index contributed by atoms with van der Waals surface area (Å²) in [5, 5.41) is 7.73. The molecule has 0 amide bonds. The fourth-order valence-corrected chi connectivity index (χ4v) is 8.97. The summed E-state index contributed by atoms with van der Waals surface area (Å²) in [5.41, 5.74) is 15.1. The molecule has 0 aliphatic heterocycles. The molecule has 0 N–H and O–H groups in total. The molecule has 8 aromatic rings. The van der Waals surface area contributed by atoms with Gasteiger partial charge in [0.25, 0.3) is 0 Å². The molecule has 8 aromatic carbocycles. The van der Waals surface area contributed by atoms with E-state index in [1.54, 1.807) is 0 Å². The van der Waals surface area contributed by atoms with E-state index in [0.29, 0.717) is 0 Å². The van der Waals surface area contributed by atoms with Crippen molar-refractivity contribution in [3.63, 3.8) is 0 Å². The molecule has 0 spiro atoms. The number of hydrogen-bond donors (Lipinski definition) is 0. The normalized spacial score (nSPS) is 12.8. The van der Waals surface area contributed by atoms with Crippen molar-refractivity contribution in [3.05, 3.63) is 167 Å². The Morgan fingerprint density at radius 1 is 0.283 bits per heavy atom. The van der Waals surface area contributed by atoms with E-state index in [2.05, 4.69) is 240 Å². The van der Waals surface area contributed by atoms with Crippen LogP contribution < -0.4 is 9.80 Å². The van der Waals surface area contributed by atoms with Gasteiger partial charge < -0.3 is 9.80 Å². The predicted molar refractivity (Wildman–Crippen MR) is 264 cm³/mol. The molecule has 0 fully saturated rings. The minimum atomic E-state index is 0.0635. The van der Waals surface area contributed by atoms with Crippen molar-refractivity contribution in [2.45, 2.75) is 119 Å². The summed E-state index contributed by atoms with van der Waals surface area (Å²) < 4.78 is 0. The average molecular weight is 789 g/mol. The molecule has 306 valence electrons. The molecular weight excluding hydrogens is 725 g/mol. The van der Waals surface area contributed by atoms with Crippen LogP contribution in [0, 0.1) is 13.8 Å². The molecule has 0 saturated heterocycles. The Morgan fingerprint density at radius 2 is 0.500 bits per heavy atom. The van der Waals surface area contributed by atoms with Gasteiger partial charge in [-0.05, 0) is 151 Å². The zero-order valence-corrected chi connectivity index (χ0v) is 38.6. The molecule has 0 aliphatic rings. The summed E-state index contributed by atoms with van der Waals surface area (Å²) in [4.78, 5) is 4.96. The van der Waals surface area contributed by atoms with Crippen LogP contribution in [0.1, 0.15) is 116 Å². The summed E-state index contributed by atoms with van der Waals surface area (Å²) in [5.74, 6) is 0. The van der Waals surface area contributed by atoms with E-state index in [-0.39, 0.29) is 21.7 Å². The minimum Gasteiger partial charge on any atom is -0.310 e. The molecule has 0 saturated carbocycles. The molecule has 0 atom stereocenters. The second-order valence-corrected chi connectivity index (χ2v) is 21.4. The molecule has 8 rings (SSSR count). The Morgan fingerprint density at radius 3 is 0.717 bits per heavy atom. The monoisotopic (exact) mass is 789 g/mol. The largest absolute Gasteiger partial charge is 0.310 e. The quantitative estimate of drug-likeness (QED) is 0.155. The van der Waals surface area contributed by atoms with Gasteiger partial charge in [-0.25, -0.2) is 0 Å². The second kappa shape index (κ2) is 14.5. The van der Waals surface area contributed by atoms with Gasteiger partial charge in [-0.1, -0.05) is 156 Å². The third-order valence-corrected chi connectivity index (χ3v) is 12.7. The standard InChI is InChI=1S/C58H64N2/c1-37-35-51(59(43-23-15-39(16-24-43)55(3,4)5)44-25-17-40(18-26-44)56(6,7)8)49-34-32-48-38(2)36-52(50-33-31-47(37)53(49)54(48)50)60(45-27-19-41(20-28-45)57(9,10)11)46-29-21-42(22-30-46)58(12,13)14/h15-36H,1-14H3. The summed E-state index contributed by atoms with van der Waals surface area (Å²) in [6.45, 7) is 32.0. The van der Waals surface area contributed by atoms with Crippen molar-refractivity contribution in [2.75, 3.05) is 9.80 Å². The number of anilines is 6. The summed E-state index contributed by atoms with van der Waals surface area (Å²) in [6, 6.07) is 51.2. The summed E-state index contributed by atoms with van der Waals surface area (Å²) in [7, 11) is 0. The van der Waals surface area contributed by atoms with E-state index < -0.39 is 0 Å². The Balaban J connectivity index is 1.40. The summed E-state index contributed by atoms with van der Waals surface area (Å²) >= 11 is 0. The first-order chi connectivity index (χ1) is 28.1. The van der Waals surface area contributed by atoms with Crippen LogP contribution >= 0.6 is 0 Å². The lowest BCUT2D eigenvalue weighted by Crippen LogP contribution is -2.15. The first kappa shape index (κ1) is 41.1. The maximum Gasteiger partial charge on any atom is 0.0543 e. The van der Waals surface area contributed by atoms with Crippen molar-refractivity contribution in [2.24, 2.45) is 0 Å². The van der Waals surface area contributed by atoms with Crippen LogP contribution in [0.15, 0.2) is 133 Å². The van der Waals surface area contributed by atoms with Crippen LogP contribution in [-0.4, -0.2) is 0 Å². The molecule has 0 radical (unpaired) electrons. The van der Waals surface area contributed by atoms with Gasteiger partial charge >= 0.3 is 0 Å². The Kier molecular flexibility index (Phi) is 9.98. The molecule has 0 bridgehead atoms. The third kappa shape index (κ3) is 7.44. The van der Waals surface area contributed by atoms with Crippen LogP contribution in [0.4, 0.5) is 34.1 Å². The van der Waals surface area contributed by atoms with Crippen LogP contribution in [0.3, 0.4) is 0 Å². The van der Waals surface area contributed by atoms with Gasteiger partial charge in [0.15, 0.2) is 0 Å². The molecular formula is C58H64N2. The highest BCUT2D eigenvalue weighted by atomic mass is 15.1. The SMILES string of the molecule is Cc1cc(N(c2ccc(C(C)(C)C)cc2)c2ccc(C(C)(C)C)cc2)c2ccc3c(C)cc(N(c4ccc(C(C)(C)C)cc4)c4ccc(C(C)(C)C)cc4)c4ccc1c2c34. The van der Waals surface area contributed by atoms with Gasteiger partial charge in [-0.3, -0.25) is 0 Å². The van der Waals surface area contributed by atoms with Gasteiger partial charge in [-0.2, -0.15) is 0 Å². The van der Waals surface area contributed by atoms with Crippen molar-refractivity contribution >= 4 is 66.4 Å². The molecule has 2 heteroatoms. The maximum absolute atomic E-state index is 2.48. The molecule has 2 nitrogen and oxygen atoms in total. The molecule has 0 heterocycles. The zero-order valence-electron chi connectivity index (χ0n) is 38.6. The van der Waals surface area contributed by atoms with Crippen molar-refractivity contribution in [1.29, 1.82) is 0 Å². The highest BCUT2D eigenvalue weighted by Crippen LogP contribution is 2.49. The van der Waals surface area contributed by atoms with E-state index in [4.69, 9.17) is 0 Å². The minimum absolute atomic E-state index is 0.0635. The van der Waals surface area contributed by atoms with Gasteiger partial charge in [0.05, 0.1) is 11.4 Å². The number of rotatable bonds is 6. The lowest BCUT2D eigenvalue weighted by Gasteiger charge is -2.31. The van der Waals surface area contributed by atoms with E-state index >= 15 is 0 Å². The summed E-state index contributed by atoms with van der Waals surface area (Å²) in [6.07, 6.45) is 0. The van der Waals surface area contributed by atoms with Gasteiger partial charge in [0.1, 0.15) is 0 Å². The topological polar surface area (TPSA) is 6.48 Å². The maximum atomic E-state index is 2.48. The molecule has 0 unspecified atom stereocenters. The van der Waals surface area contributed by atoms with E-state index in [1.165, 1.54) is 77.1 Å². The average Bonchev–Trinajstić information content (AvgIpc) is 3.18. The molecule has 0 aromatic heterocycles. The molecule has 0 aliphatic carbocycles. The third-order valence-electron chi connectivity index (χ3n) is 12.7. The fraction of sp³-hybridized carbons (Fsp3) is 0.310. The fourth-order valence-electron chi connectivity index (χ4n) is 8.97. The van der Waals surface area contributed by atoms with Crippen LogP contribution in [0.5, 0.6) is 0 Å². The first-order valence-electron chi connectivity index (χ1n) is 21.9. The van der Waals surface area contributed by atoms with Crippen molar-refractivity contribution < 1.29 is 0 Å². The van der Waals surface area contributed by atoms with Crippen molar-refractivity contribution in [1.82, 2.24) is 0 Å². The lowest BCUT2D eigenvalue weighted by atomic mass is 9.86. The highest BCUT2D eigenvalue weighted by Gasteiger charge is 2.26. The van der Waals surface area contributed by atoms with Gasteiger partial charge in [-0.15, -0.1) is 0 Å². The van der Waals surface area contributed by atoms with E-state index in [0.717, 1.165) is 22.7 Å². The van der Waals surface area contributed by atoms with Crippen molar-refractivity contribution in [3.8, 4) is 0 Å². The predicted octanol–water partition coefficient (Wildman–Crippen LogP) is 17.3. The van der Waals surface area contributed by atoms with E-state index in [1.807, 2.05) is 0 Å². The van der Waals surface area contributed by atoms with Gasteiger partial charge in [0, 0.05) is 33.5 Å². The van der Waals surface area contributed by atoms with Gasteiger partial charge in [0.2, 0.25) is 0 Å². The second-order valence-electron chi connectivity index (χ2n) is 21.4.